The summed E-state index contributed by atoms with van der Waals surface area (Å²) in [5, 5.41) is 17.5. The average Bonchev–Trinajstić information content (AvgIpc) is 2.88. The van der Waals surface area contributed by atoms with Gasteiger partial charge in [-0.25, -0.2) is 0 Å². The second-order valence-corrected chi connectivity index (χ2v) is 5.21. The topological polar surface area (TPSA) is 118 Å². The van der Waals surface area contributed by atoms with Crippen LogP contribution in [0.4, 0.5) is 17.1 Å². The van der Waals surface area contributed by atoms with Gasteiger partial charge >= 0.3 is 5.69 Å². The number of nitrogens with zero attached hydrogens (tertiary/aromatic N) is 3. The zero-order valence-electron chi connectivity index (χ0n) is 12.4. The van der Waals surface area contributed by atoms with Crippen molar-refractivity contribution in [2.75, 3.05) is 17.2 Å². The number of nitrogens with one attached hydrogen (secondary N) is 1. The lowest BCUT2D eigenvalue weighted by atomic mass is 9.99. The highest BCUT2D eigenvalue weighted by Gasteiger charge is 2.33. The maximum absolute atomic E-state index is 12.7. The molecule has 9 heteroatoms. The Bertz CT molecular complexity index is 774. The summed E-state index contributed by atoms with van der Waals surface area (Å²) in [4.78, 5) is 24.8. The first kappa shape index (κ1) is 16.8. The number of halogens is 1. The summed E-state index contributed by atoms with van der Waals surface area (Å²) in [5.41, 5.74) is 8.00. The number of aryl methyl sites for hydroxylation is 1. The van der Waals surface area contributed by atoms with Crippen molar-refractivity contribution in [1.29, 1.82) is 0 Å². The average molecular weight is 338 g/mol. The minimum atomic E-state index is -0.587. The third-order valence-electron chi connectivity index (χ3n) is 3.83. The van der Waals surface area contributed by atoms with E-state index in [0.29, 0.717) is 17.9 Å². The molecule has 0 spiro atoms. The Morgan fingerprint density at radius 3 is 2.91 bits per heavy atom. The molecule has 0 bridgehead atoms. The van der Waals surface area contributed by atoms with E-state index in [-0.39, 0.29) is 29.5 Å². The van der Waals surface area contributed by atoms with Gasteiger partial charge in [-0.15, -0.1) is 12.4 Å². The van der Waals surface area contributed by atoms with E-state index in [0.717, 1.165) is 18.4 Å². The van der Waals surface area contributed by atoms with Crippen LogP contribution in [-0.2, 0) is 6.42 Å². The Hall–Kier alpha value is -2.61. The number of carbonyl (C=O) groups is 1. The van der Waals surface area contributed by atoms with Crippen molar-refractivity contribution in [3.8, 4) is 0 Å². The van der Waals surface area contributed by atoms with Crippen LogP contribution in [0.3, 0.4) is 0 Å². The number of nitrogen functional groups attached to an aromatic ring is 1. The number of amides is 1. The maximum atomic E-state index is 12.7. The summed E-state index contributed by atoms with van der Waals surface area (Å²) >= 11 is 0. The van der Waals surface area contributed by atoms with Crippen molar-refractivity contribution in [1.82, 2.24) is 10.2 Å². The van der Waals surface area contributed by atoms with Crippen LogP contribution in [0.2, 0.25) is 0 Å². The molecule has 0 saturated heterocycles. The Morgan fingerprint density at radius 2 is 2.22 bits per heavy atom. The van der Waals surface area contributed by atoms with E-state index in [9.17, 15) is 14.9 Å². The SMILES string of the molecule is Cc1[nH]nc(C(=O)N2CCCc3c(N)cccc32)c1[N+](=O)[O-].Cl. The molecule has 0 atom stereocenters. The Kier molecular flexibility index (Phi) is 4.55. The second-order valence-electron chi connectivity index (χ2n) is 5.21. The summed E-state index contributed by atoms with van der Waals surface area (Å²) in [6.07, 6.45) is 1.54. The monoisotopic (exact) mass is 337 g/mol. The van der Waals surface area contributed by atoms with Gasteiger partial charge in [-0.2, -0.15) is 5.10 Å². The van der Waals surface area contributed by atoms with Crippen molar-refractivity contribution < 1.29 is 9.72 Å². The Labute approximate surface area is 138 Å². The summed E-state index contributed by atoms with van der Waals surface area (Å²) in [5.74, 6) is -0.484. The largest absolute Gasteiger partial charge is 0.398 e. The molecule has 1 amide bonds. The van der Waals surface area contributed by atoms with Gasteiger partial charge in [0.1, 0.15) is 5.69 Å². The summed E-state index contributed by atoms with van der Waals surface area (Å²) in [6.45, 7) is 2.00. The summed E-state index contributed by atoms with van der Waals surface area (Å²) in [6, 6.07) is 5.35. The zero-order chi connectivity index (χ0) is 15.9. The first-order valence-corrected chi connectivity index (χ1v) is 6.89. The zero-order valence-corrected chi connectivity index (χ0v) is 13.2. The van der Waals surface area contributed by atoms with Crippen LogP contribution < -0.4 is 10.6 Å². The quantitative estimate of drug-likeness (QED) is 0.495. The van der Waals surface area contributed by atoms with Gasteiger partial charge < -0.3 is 10.6 Å². The number of hydrogen-bond donors (Lipinski definition) is 2. The molecule has 3 N–H and O–H groups in total. The normalized spacial score (nSPS) is 13.2. The van der Waals surface area contributed by atoms with E-state index >= 15 is 0 Å². The van der Waals surface area contributed by atoms with Crippen LogP contribution in [-0.4, -0.2) is 27.6 Å². The highest BCUT2D eigenvalue weighted by atomic mass is 35.5. The first-order valence-electron chi connectivity index (χ1n) is 6.89. The van der Waals surface area contributed by atoms with Crippen LogP contribution >= 0.6 is 12.4 Å². The number of benzene rings is 1. The van der Waals surface area contributed by atoms with Crippen LogP contribution in [0, 0.1) is 17.0 Å². The molecule has 1 aromatic heterocycles. The molecule has 3 rings (SSSR count). The number of fused-ring (bicyclic) bond motifs is 1. The molecule has 0 unspecified atom stereocenters. The predicted octanol–water partition coefficient (Wildman–Crippen LogP) is 2.22. The fourth-order valence-corrected chi connectivity index (χ4v) is 2.79. The van der Waals surface area contributed by atoms with Crippen molar-refractivity contribution in [3.63, 3.8) is 0 Å². The molecule has 2 aromatic rings. The molecule has 0 saturated carbocycles. The summed E-state index contributed by atoms with van der Waals surface area (Å²) < 4.78 is 0. The number of nitro groups is 1. The number of aromatic amines is 1. The molecule has 8 nitrogen and oxygen atoms in total. The van der Waals surface area contributed by atoms with E-state index < -0.39 is 10.8 Å². The number of hydrogen-bond acceptors (Lipinski definition) is 5. The molecule has 23 heavy (non-hydrogen) atoms. The van der Waals surface area contributed by atoms with E-state index in [4.69, 9.17) is 5.73 Å². The number of anilines is 2. The molecule has 1 aliphatic rings. The molecule has 1 aliphatic heterocycles. The number of nitrogens with two attached hydrogens (primary N) is 1. The molecule has 0 fully saturated rings. The summed E-state index contributed by atoms with van der Waals surface area (Å²) in [7, 11) is 0. The van der Waals surface area contributed by atoms with Crippen molar-refractivity contribution >= 4 is 35.4 Å². The minimum absolute atomic E-state index is 0. The lowest BCUT2D eigenvalue weighted by Gasteiger charge is -2.29. The number of H-pyrrole nitrogens is 1. The molecule has 0 radical (unpaired) electrons. The van der Waals surface area contributed by atoms with Gasteiger partial charge in [0, 0.05) is 17.9 Å². The van der Waals surface area contributed by atoms with Gasteiger partial charge in [0.25, 0.3) is 5.91 Å². The maximum Gasteiger partial charge on any atom is 0.322 e. The Morgan fingerprint density at radius 1 is 1.48 bits per heavy atom. The molecule has 0 aliphatic carbocycles. The van der Waals surface area contributed by atoms with Crippen LogP contribution in [0.15, 0.2) is 18.2 Å². The van der Waals surface area contributed by atoms with Gasteiger partial charge in [0.2, 0.25) is 5.69 Å². The van der Waals surface area contributed by atoms with Crippen LogP contribution in [0.25, 0.3) is 0 Å². The fraction of sp³-hybridized carbons (Fsp3) is 0.286. The third-order valence-corrected chi connectivity index (χ3v) is 3.83. The van der Waals surface area contributed by atoms with Gasteiger partial charge in [-0.3, -0.25) is 20.0 Å². The predicted molar refractivity (Wildman–Crippen MR) is 88.1 cm³/mol. The fourth-order valence-electron chi connectivity index (χ4n) is 2.79. The van der Waals surface area contributed by atoms with E-state index in [1.54, 1.807) is 18.2 Å². The number of aromatic nitrogens is 2. The van der Waals surface area contributed by atoms with Gasteiger partial charge in [0.15, 0.2) is 0 Å². The molecule has 122 valence electrons. The lowest BCUT2D eigenvalue weighted by molar-refractivity contribution is -0.385. The molecule has 2 heterocycles. The second kappa shape index (κ2) is 6.25. The Balaban J connectivity index is 0.00000192. The first-order chi connectivity index (χ1) is 10.5. The highest BCUT2D eigenvalue weighted by Crippen LogP contribution is 2.33. The number of carbonyl (C=O) groups excluding carboxylic acids is 1. The molecular formula is C14H16ClN5O3. The lowest BCUT2D eigenvalue weighted by Crippen LogP contribution is -2.36. The molecule has 1 aromatic carbocycles. The van der Waals surface area contributed by atoms with Crippen LogP contribution in [0.1, 0.15) is 28.2 Å². The number of rotatable bonds is 2. The van der Waals surface area contributed by atoms with E-state index in [1.165, 1.54) is 11.8 Å². The van der Waals surface area contributed by atoms with Crippen molar-refractivity contribution in [3.05, 3.63) is 45.3 Å². The van der Waals surface area contributed by atoms with E-state index in [1.807, 2.05) is 0 Å². The highest BCUT2D eigenvalue weighted by molar-refractivity contribution is 6.08. The molecular weight excluding hydrogens is 322 g/mol. The van der Waals surface area contributed by atoms with E-state index in [2.05, 4.69) is 10.2 Å². The van der Waals surface area contributed by atoms with Gasteiger partial charge in [0.05, 0.1) is 4.92 Å². The smallest absolute Gasteiger partial charge is 0.322 e. The van der Waals surface area contributed by atoms with Gasteiger partial charge in [-0.05, 0) is 37.5 Å². The third kappa shape index (κ3) is 2.72. The minimum Gasteiger partial charge on any atom is -0.398 e. The van der Waals surface area contributed by atoms with Crippen molar-refractivity contribution in [2.24, 2.45) is 0 Å². The van der Waals surface area contributed by atoms with Crippen LogP contribution in [0.5, 0.6) is 0 Å². The van der Waals surface area contributed by atoms with Crippen molar-refractivity contribution in [2.45, 2.75) is 19.8 Å². The van der Waals surface area contributed by atoms with Gasteiger partial charge in [-0.1, -0.05) is 6.07 Å². The standard InChI is InChI=1S/C14H15N5O3.ClH/c1-8-13(19(21)22)12(17-16-8)14(20)18-7-3-4-9-10(15)5-2-6-11(9)18;/h2,5-6H,3-4,7,15H2,1H3,(H,16,17);1H.